The van der Waals surface area contributed by atoms with Gasteiger partial charge in [0.1, 0.15) is 0 Å². The number of hydrogen-bond donors (Lipinski definition) is 2. The molecule has 0 spiro atoms. The molecule has 3 rings (SSSR count). The lowest BCUT2D eigenvalue weighted by atomic mass is 10.2. The van der Waals surface area contributed by atoms with E-state index in [1.165, 1.54) is 4.88 Å². The fourth-order valence-electron chi connectivity index (χ4n) is 2.37. The standard InChI is InChI=1S/C19H19N3O2S2/c1-13-22-16(12-25-13)17-8-7-15(26-17)9-10-20-18(23)11-21-19(24)14-5-3-2-4-6-14/h2-8,12H,9-11H2,1H3,(H,20,23)(H,21,24). The molecule has 2 amide bonds. The highest BCUT2D eigenvalue weighted by atomic mass is 32.1. The molecule has 26 heavy (non-hydrogen) atoms. The van der Waals surface area contributed by atoms with Crippen LogP contribution in [-0.2, 0) is 11.2 Å². The van der Waals surface area contributed by atoms with Crippen LogP contribution in [0.1, 0.15) is 20.2 Å². The van der Waals surface area contributed by atoms with E-state index < -0.39 is 0 Å². The Morgan fingerprint density at radius 3 is 2.62 bits per heavy atom. The van der Waals surface area contributed by atoms with E-state index in [0.717, 1.165) is 22.0 Å². The highest BCUT2D eigenvalue weighted by Gasteiger charge is 2.08. The van der Waals surface area contributed by atoms with E-state index in [1.807, 2.05) is 13.0 Å². The Bertz CT molecular complexity index is 887. The number of benzene rings is 1. The molecule has 3 aromatic rings. The second kappa shape index (κ2) is 8.73. The van der Waals surface area contributed by atoms with Crippen molar-refractivity contribution in [3.8, 4) is 10.6 Å². The molecule has 2 aromatic heterocycles. The maximum atomic E-state index is 11.9. The summed E-state index contributed by atoms with van der Waals surface area (Å²) in [5.74, 6) is -0.441. The summed E-state index contributed by atoms with van der Waals surface area (Å²) in [6.07, 6.45) is 0.756. The van der Waals surface area contributed by atoms with E-state index >= 15 is 0 Å². The predicted octanol–water partition coefficient (Wildman–Crippen LogP) is 3.27. The topological polar surface area (TPSA) is 71.1 Å². The Kier molecular flexibility index (Phi) is 6.14. The van der Waals surface area contributed by atoms with Gasteiger partial charge in [-0.25, -0.2) is 4.98 Å². The van der Waals surface area contributed by atoms with Crippen molar-refractivity contribution in [3.63, 3.8) is 0 Å². The Morgan fingerprint density at radius 1 is 1.08 bits per heavy atom. The van der Waals surface area contributed by atoms with E-state index in [9.17, 15) is 9.59 Å². The molecule has 0 fully saturated rings. The van der Waals surface area contributed by atoms with Gasteiger partial charge in [-0.2, -0.15) is 0 Å². The monoisotopic (exact) mass is 385 g/mol. The van der Waals surface area contributed by atoms with Crippen molar-refractivity contribution in [1.82, 2.24) is 15.6 Å². The van der Waals surface area contributed by atoms with Crippen LogP contribution in [0.25, 0.3) is 10.6 Å². The quantitative estimate of drug-likeness (QED) is 0.656. The van der Waals surface area contributed by atoms with Crippen LogP contribution in [0.15, 0.2) is 47.8 Å². The van der Waals surface area contributed by atoms with E-state index in [2.05, 4.69) is 33.1 Å². The maximum absolute atomic E-state index is 11.9. The smallest absolute Gasteiger partial charge is 0.251 e. The van der Waals surface area contributed by atoms with Crippen molar-refractivity contribution in [3.05, 3.63) is 63.3 Å². The first-order chi connectivity index (χ1) is 12.6. The molecular formula is C19H19N3O2S2. The molecule has 2 heterocycles. The molecule has 1 aromatic carbocycles. The van der Waals surface area contributed by atoms with Crippen molar-refractivity contribution >= 4 is 34.5 Å². The van der Waals surface area contributed by atoms with Gasteiger partial charge in [0.15, 0.2) is 0 Å². The van der Waals surface area contributed by atoms with Gasteiger partial charge >= 0.3 is 0 Å². The van der Waals surface area contributed by atoms with Gasteiger partial charge in [0, 0.05) is 22.4 Å². The van der Waals surface area contributed by atoms with Crippen LogP contribution in [0, 0.1) is 6.92 Å². The van der Waals surface area contributed by atoms with Crippen LogP contribution in [0.3, 0.4) is 0 Å². The summed E-state index contributed by atoms with van der Waals surface area (Å²) in [6.45, 7) is 2.51. The number of thiophene rings is 1. The predicted molar refractivity (Wildman–Crippen MR) is 106 cm³/mol. The average Bonchev–Trinajstić information content (AvgIpc) is 3.29. The third-order valence-electron chi connectivity index (χ3n) is 3.67. The lowest BCUT2D eigenvalue weighted by molar-refractivity contribution is -0.120. The van der Waals surface area contributed by atoms with Gasteiger partial charge in [-0.3, -0.25) is 9.59 Å². The lowest BCUT2D eigenvalue weighted by Gasteiger charge is -2.06. The number of aryl methyl sites for hydroxylation is 1. The first-order valence-electron chi connectivity index (χ1n) is 8.23. The summed E-state index contributed by atoms with van der Waals surface area (Å²) in [4.78, 5) is 30.6. The Hall–Kier alpha value is -2.51. The van der Waals surface area contributed by atoms with Gasteiger partial charge in [0.05, 0.1) is 22.1 Å². The van der Waals surface area contributed by atoms with Crippen molar-refractivity contribution in [2.24, 2.45) is 0 Å². The SMILES string of the molecule is Cc1nc(-c2ccc(CCNC(=O)CNC(=O)c3ccccc3)s2)cs1. The van der Waals surface area contributed by atoms with Crippen molar-refractivity contribution in [1.29, 1.82) is 0 Å². The molecule has 0 saturated heterocycles. The van der Waals surface area contributed by atoms with Crippen LogP contribution in [0.4, 0.5) is 0 Å². The van der Waals surface area contributed by atoms with Crippen molar-refractivity contribution in [2.45, 2.75) is 13.3 Å². The Labute approximate surface area is 160 Å². The summed E-state index contributed by atoms with van der Waals surface area (Å²) < 4.78 is 0. The van der Waals surface area contributed by atoms with Crippen molar-refractivity contribution < 1.29 is 9.59 Å². The zero-order chi connectivity index (χ0) is 18.4. The molecule has 0 aliphatic carbocycles. The van der Waals surface area contributed by atoms with Gasteiger partial charge in [-0.05, 0) is 37.6 Å². The molecule has 7 heteroatoms. The molecule has 0 atom stereocenters. The number of hydrogen-bond acceptors (Lipinski definition) is 5. The zero-order valence-electron chi connectivity index (χ0n) is 14.3. The average molecular weight is 386 g/mol. The number of rotatable bonds is 7. The molecule has 5 nitrogen and oxygen atoms in total. The molecule has 0 bridgehead atoms. The van der Waals surface area contributed by atoms with Crippen LogP contribution >= 0.6 is 22.7 Å². The molecule has 0 aliphatic rings. The second-order valence-electron chi connectivity index (χ2n) is 5.67. The summed E-state index contributed by atoms with van der Waals surface area (Å²) in [5, 5.41) is 8.56. The van der Waals surface area contributed by atoms with E-state index in [-0.39, 0.29) is 18.4 Å². The normalized spacial score (nSPS) is 10.5. The third kappa shape index (κ3) is 5.00. The third-order valence-corrected chi connectivity index (χ3v) is 5.61. The fraction of sp³-hybridized carbons (Fsp3) is 0.211. The largest absolute Gasteiger partial charge is 0.354 e. The minimum atomic E-state index is -0.248. The Balaban J connectivity index is 1.40. The highest BCUT2D eigenvalue weighted by Crippen LogP contribution is 2.29. The number of amides is 2. The van der Waals surface area contributed by atoms with Gasteiger partial charge in [0.2, 0.25) is 5.91 Å². The van der Waals surface area contributed by atoms with Gasteiger partial charge in [-0.15, -0.1) is 22.7 Å². The molecule has 0 unspecified atom stereocenters. The van der Waals surface area contributed by atoms with Gasteiger partial charge in [0.25, 0.3) is 5.91 Å². The summed E-state index contributed by atoms with van der Waals surface area (Å²) >= 11 is 3.33. The minimum absolute atomic E-state index is 0.0263. The molecule has 0 saturated carbocycles. The summed E-state index contributed by atoms with van der Waals surface area (Å²) in [5.41, 5.74) is 1.56. The molecule has 134 valence electrons. The number of thiazole rings is 1. The first kappa shape index (κ1) is 18.3. The molecular weight excluding hydrogens is 366 g/mol. The van der Waals surface area contributed by atoms with Crippen LogP contribution in [0.2, 0.25) is 0 Å². The molecule has 0 radical (unpaired) electrons. The number of aromatic nitrogens is 1. The van der Waals surface area contributed by atoms with Gasteiger partial charge in [-0.1, -0.05) is 18.2 Å². The van der Waals surface area contributed by atoms with E-state index in [4.69, 9.17) is 0 Å². The Morgan fingerprint density at radius 2 is 1.88 bits per heavy atom. The van der Waals surface area contributed by atoms with E-state index in [1.54, 1.807) is 46.9 Å². The molecule has 2 N–H and O–H groups in total. The zero-order valence-corrected chi connectivity index (χ0v) is 16.0. The fourth-order valence-corrected chi connectivity index (χ4v) is 4.02. The first-order valence-corrected chi connectivity index (χ1v) is 9.92. The number of nitrogens with one attached hydrogen (secondary N) is 2. The van der Waals surface area contributed by atoms with Crippen molar-refractivity contribution in [2.75, 3.05) is 13.1 Å². The minimum Gasteiger partial charge on any atom is -0.354 e. The number of carbonyl (C=O) groups excluding carboxylic acids is 2. The maximum Gasteiger partial charge on any atom is 0.251 e. The van der Waals surface area contributed by atoms with E-state index in [0.29, 0.717) is 12.1 Å². The van der Waals surface area contributed by atoms with Crippen LogP contribution in [-0.4, -0.2) is 29.9 Å². The number of nitrogens with zero attached hydrogens (tertiary/aromatic N) is 1. The summed E-state index contributed by atoms with van der Waals surface area (Å²) in [7, 11) is 0. The molecule has 0 aliphatic heterocycles. The second-order valence-corrected chi connectivity index (χ2v) is 7.90. The highest BCUT2D eigenvalue weighted by molar-refractivity contribution is 7.16. The van der Waals surface area contributed by atoms with Crippen LogP contribution < -0.4 is 10.6 Å². The van der Waals surface area contributed by atoms with Gasteiger partial charge < -0.3 is 10.6 Å². The lowest BCUT2D eigenvalue weighted by Crippen LogP contribution is -2.37. The summed E-state index contributed by atoms with van der Waals surface area (Å²) in [6, 6.07) is 13.0. The van der Waals surface area contributed by atoms with Crippen LogP contribution in [0.5, 0.6) is 0 Å². The number of carbonyl (C=O) groups is 2.